The maximum Gasteiger partial charge on any atom is 0.318 e. The molecule has 1 amide bonds. The second-order valence-electron chi connectivity index (χ2n) is 7.52. The maximum absolute atomic E-state index is 13.1. The molecule has 0 bridgehead atoms. The third kappa shape index (κ3) is 7.16. The molecule has 3 aromatic rings. The van der Waals surface area contributed by atoms with Gasteiger partial charge in [0.25, 0.3) is 0 Å². The molecule has 0 atom stereocenters. The molecule has 0 heterocycles. The number of hydrogen-bond donors (Lipinski definition) is 3. The van der Waals surface area contributed by atoms with Gasteiger partial charge in [-0.3, -0.25) is 9.59 Å². The van der Waals surface area contributed by atoms with Gasteiger partial charge in [0.1, 0.15) is 6.54 Å². The van der Waals surface area contributed by atoms with Crippen molar-refractivity contribution in [3.8, 4) is 11.1 Å². The lowest BCUT2D eigenvalue weighted by molar-refractivity contribution is -0.137. The van der Waals surface area contributed by atoms with Crippen LogP contribution in [0.2, 0.25) is 0 Å². The number of carbonyl (C=O) groups excluding carboxylic acids is 1. The van der Waals surface area contributed by atoms with Crippen molar-refractivity contribution in [2.75, 3.05) is 31.5 Å². The topological polar surface area (TPSA) is 116 Å². The van der Waals surface area contributed by atoms with E-state index in [4.69, 9.17) is 0 Å². The molecule has 0 spiro atoms. The van der Waals surface area contributed by atoms with Gasteiger partial charge in [0.2, 0.25) is 15.9 Å². The Bertz CT molecular complexity index is 1180. The molecule has 0 aliphatic rings. The Balaban J connectivity index is 1.58. The summed E-state index contributed by atoms with van der Waals surface area (Å²) in [7, 11) is -4.09. The van der Waals surface area contributed by atoms with Crippen LogP contribution in [0, 0.1) is 0 Å². The number of carboxylic acid groups (broad SMARTS) is 1. The number of para-hydroxylation sites is 1. The van der Waals surface area contributed by atoms with E-state index < -0.39 is 22.5 Å². The maximum atomic E-state index is 13.1. The molecule has 3 N–H and O–H groups in total. The average molecular weight is 482 g/mol. The molecule has 0 aromatic heterocycles. The summed E-state index contributed by atoms with van der Waals surface area (Å²) >= 11 is 0. The lowest BCUT2D eigenvalue weighted by Crippen LogP contribution is -2.39. The number of rotatable bonds is 12. The highest BCUT2D eigenvalue weighted by Crippen LogP contribution is 2.23. The van der Waals surface area contributed by atoms with Crippen LogP contribution in [0.1, 0.15) is 6.42 Å². The van der Waals surface area contributed by atoms with Gasteiger partial charge in [-0.2, -0.15) is 4.31 Å². The summed E-state index contributed by atoms with van der Waals surface area (Å²) in [5, 5.41) is 15.1. The Kier molecular flexibility index (Phi) is 8.78. The van der Waals surface area contributed by atoms with Crippen molar-refractivity contribution in [3.05, 3.63) is 84.9 Å². The Hall–Kier alpha value is -3.69. The van der Waals surface area contributed by atoms with Gasteiger partial charge in [-0.25, -0.2) is 8.42 Å². The standard InChI is InChI=1S/C25H27N3O5S/c29-24(27-17-16-26-22-9-5-2-6-10-22)15-18-28(19-25(30)31)34(32,33)23-13-11-21(12-14-23)20-7-3-1-4-8-20/h1-14,26H,15-19H2,(H,27,29)(H,30,31). The molecule has 178 valence electrons. The van der Waals surface area contributed by atoms with Gasteiger partial charge in [-0.15, -0.1) is 0 Å². The number of benzene rings is 3. The molecule has 8 nitrogen and oxygen atoms in total. The first kappa shape index (κ1) is 24.9. The molecule has 0 fully saturated rings. The van der Waals surface area contributed by atoms with Crippen LogP contribution >= 0.6 is 0 Å². The van der Waals surface area contributed by atoms with E-state index in [1.54, 1.807) is 12.1 Å². The molecule has 3 aromatic carbocycles. The minimum Gasteiger partial charge on any atom is -0.480 e. The number of sulfonamides is 1. The molecule has 0 saturated carbocycles. The molecule has 0 aliphatic carbocycles. The van der Waals surface area contributed by atoms with E-state index in [2.05, 4.69) is 10.6 Å². The first-order valence-corrected chi connectivity index (χ1v) is 12.2. The van der Waals surface area contributed by atoms with Crippen LogP contribution in [0.3, 0.4) is 0 Å². The zero-order valence-electron chi connectivity index (χ0n) is 18.6. The molecule has 0 aliphatic heterocycles. The molecule has 0 saturated heterocycles. The van der Waals surface area contributed by atoms with Crippen molar-refractivity contribution in [2.45, 2.75) is 11.3 Å². The third-order valence-electron chi connectivity index (χ3n) is 5.05. The van der Waals surface area contributed by atoms with Gasteiger partial charge < -0.3 is 15.7 Å². The predicted molar refractivity (Wildman–Crippen MR) is 131 cm³/mol. The van der Waals surface area contributed by atoms with E-state index >= 15 is 0 Å². The predicted octanol–water partition coefficient (Wildman–Crippen LogP) is 3.05. The smallest absolute Gasteiger partial charge is 0.318 e. The van der Waals surface area contributed by atoms with Crippen LogP contribution in [-0.2, 0) is 19.6 Å². The van der Waals surface area contributed by atoms with Crippen LogP contribution in [0.15, 0.2) is 89.8 Å². The first-order valence-electron chi connectivity index (χ1n) is 10.8. The lowest BCUT2D eigenvalue weighted by atomic mass is 10.1. The summed E-state index contributed by atoms with van der Waals surface area (Å²) < 4.78 is 26.9. The van der Waals surface area contributed by atoms with E-state index in [1.807, 2.05) is 60.7 Å². The second-order valence-corrected chi connectivity index (χ2v) is 9.45. The number of amides is 1. The molecule has 3 rings (SSSR count). The van der Waals surface area contributed by atoms with Crippen molar-refractivity contribution in [2.24, 2.45) is 0 Å². The van der Waals surface area contributed by atoms with Gasteiger partial charge in [-0.05, 0) is 35.4 Å². The van der Waals surface area contributed by atoms with Crippen molar-refractivity contribution in [1.29, 1.82) is 0 Å². The quantitative estimate of drug-likeness (QED) is 0.343. The van der Waals surface area contributed by atoms with Crippen molar-refractivity contribution < 1.29 is 23.1 Å². The largest absolute Gasteiger partial charge is 0.480 e. The van der Waals surface area contributed by atoms with Gasteiger partial charge in [-0.1, -0.05) is 60.7 Å². The molecule has 0 radical (unpaired) electrons. The molecular formula is C25H27N3O5S. The Morgan fingerprint density at radius 1 is 0.794 bits per heavy atom. The highest BCUT2D eigenvalue weighted by molar-refractivity contribution is 7.89. The van der Waals surface area contributed by atoms with E-state index in [0.29, 0.717) is 13.1 Å². The first-order chi connectivity index (χ1) is 16.4. The third-order valence-corrected chi connectivity index (χ3v) is 6.91. The van der Waals surface area contributed by atoms with Crippen LogP contribution in [0.5, 0.6) is 0 Å². The number of carboxylic acids is 1. The molecule has 9 heteroatoms. The second kappa shape index (κ2) is 12.0. The monoisotopic (exact) mass is 481 g/mol. The fraction of sp³-hybridized carbons (Fsp3) is 0.200. The van der Waals surface area contributed by atoms with Crippen molar-refractivity contribution in [1.82, 2.24) is 9.62 Å². The lowest BCUT2D eigenvalue weighted by Gasteiger charge is -2.20. The van der Waals surface area contributed by atoms with E-state index in [1.165, 1.54) is 12.1 Å². The summed E-state index contributed by atoms with van der Waals surface area (Å²) in [6.07, 6.45) is -0.153. The fourth-order valence-electron chi connectivity index (χ4n) is 3.31. The molecular weight excluding hydrogens is 454 g/mol. The van der Waals surface area contributed by atoms with Gasteiger partial charge in [0.15, 0.2) is 0 Å². The van der Waals surface area contributed by atoms with Crippen LogP contribution < -0.4 is 10.6 Å². The van der Waals surface area contributed by atoms with Crippen LogP contribution in [0.4, 0.5) is 5.69 Å². The van der Waals surface area contributed by atoms with Gasteiger partial charge >= 0.3 is 5.97 Å². The SMILES string of the molecule is O=C(O)CN(CCC(=O)NCCNc1ccccc1)S(=O)(=O)c1ccc(-c2ccccc2)cc1. The number of anilines is 1. The Labute approximate surface area is 199 Å². The number of nitrogens with one attached hydrogen (secondary N) is 2. The zero-order chi connectivity index (χ0) is 24.4. The summed E-state index contributed by atoms with van der Waals surface area (Å²) in [5.74, 6) is -1.66. The fourth-order valence-corrected chi connectivity index (χ4v) is 4.70. The van der Waals surface area contributed by atoms with Crippen molar-refractivity contribution in [3.63, 3.8) is 0 Å². The number of carbonyl (C=O) groups is 2. The van der Waals surface area contributed by atoms with E-state index in [-0.39, 0.29) is 23.8 Å². The van der Waals surface area contributed by atoms with E-state index in [9.17, 15) is 23.1 Å². The minimum atomic E-state index is -4.09. The number of nitrogens with zero attached hydrogens (tertiary/aromatic N) is 1. The normalized spacial score (nSPS) is 11.2. The summed E-state index contributed by atoms with van der Waals surface area (Å²) in [5.41, 5.74) is 2.70. The van der Waals surface area contributed by atoms with Crippen LogP contribution in [0.25, 0.3) is 11.1 Å². The van der Waals surface area contributed by atoms with Gasteiger partial charge in [0.05, 0.1) is 4.90 Å². The van der Waals surface area contributed by atoms with Crippen LogP contribution in [-0.4, -0.2) is 55.9 Å². The summed E-state index contributed by atoms with van der Waals surface area (Å²) in [6, 6.07) is 25.2. The highest BCUT2D eigenvalue weighted by Gasteiger charge is 2.27. The summed E-state index contributed by atoms with van der Waals surface area (Å²) in [6.45, 7) is -0.125. The average Bonchev–Trinajstić information content (AvgIpc) is 2.85. The number of aliphatic carboxylic acids is 1. The highest BCUT2D eigenvalue weighted by atomic mass is 32.2. The Morgan fingerprint density at radius 3 is 2.00 bits per heavy atom. The van der Waals surface area contributed by atoms with Gasteiger partial charge in [0, 0.05) is 31.7 Å². The molecule has 34 heavy (non-hydrogen) atoms. The minimum absolute atomic E-state index is 0.0269. The summed E-state index contributed by atoms with van der Waals surface area (Å²) in [4.78, 5) is 23.5. The molecule has 0 unspecified atom stereocenters. The van der Waals surface area contributed by atoms with E-state index in [0.717, 1.165) is 21.1 Å². The number of hydrogen-bond acceptors (Lipinski definition) is 5. The zero-order valence-corrected chi connectivity index (χ0v) is 19.4. The van der Waals surface area contributed by atoms with Crippen molar-refractivity contribution >= 4 is 27.6 Å². The Morgan fingerprint density at radius 2 is 1.38 bits per heavy atom.